The number of amides is 1. The number of likely N-dealkylation sites (N-methyl/N-ethyl adjacent to an activating group) is 1. The Kier molecular flexibility index (Phi) is 5.13. The first-order valence-electron chi connectivity index (χ1n) is 3.54. The lowest BCUT2D eigenvalue weighted by Gasteiger charge is -2.08. The Hall–Kier alpha value is -1.08. The maximum atomic E-state index is 11.0. The second-order valence-corrected chi connectivity index (χ2v) is 2.21. The summed E-state index contributed by atoms with van der Waals surface area (Å²) in [5, 5.41) is 13.6. The van der Waals surface area contributed by atoms with Crippen LogP contribution >= 0.6 is 0 Å². The van der Waals surface area contributed by atoms with E-state index < -0.39 is 0 Å². The largest absolute Gasteiger partial charge is 0.354 e. The van der Waals surface area contributed by atoms with Gasteiger partial charge in [0.1, 0.15) is 0 Å². The van der Waals surface area contributed by atoms with Crippen LogP contribution in [0.5, 0.6) is 0 Å². The number of carbonyl (C=O) groups excluding carboxylic acids is 1. The van der Waals surface area contributed by atoms with Crippen molar-refractivity contribution in [2.24, 2.45) is 0 Å². The zero-order valence-electron chi connectivity index (χ0n) is 6.85. The molecule has 0 bridgehead atoms. The molecule has 0 spiro atoms. The van der Waals surface area contributed by atoms with Crippen molar-refractivity contribution in [3.63, 3.8) is 0 Å². The average molecular weight is 155 g/mol. The first-order valence-corrected chi connectivity index (χ1v) is 3.54. The van der Waals surface area contributed by atoms with Crippen molar-refractivity contribution in [3.8, 4) is 6.07 Å². The smallest absolute Gasteiger partial charge is 0.236 e. The predicted molar refractivity (Wildman–Crippen MR) is 41.8 cm³/mol. The lowest BCUT2D eigenvalue weighted by Crippen LogP contribution is -2.40. The summed E-state index contributed by atoms with van der Waals surface area (Å²) in [6.45, 7) is 2.20. The van der Waals surface area contributed by atoms with Crippen molar-refractivity contribution in [3.05, 3.63) is 0 Å². The van der Waals surface area contributed by atoms with E-state index in [-0.39, 0.29) is 11.9 Å². The highest BCUT2D eigenvalue weighted by atomic mass is 16.2. The molecule has 4 heteroatoms. The minimum absolute atomic E-state index is 0.0669. The Morgan fingerprint density at radius 3 is 2.82 bits per heavy atom. The quantitative estimate of drug-likeness (QED) is 0.544. The second kappa shape index (κ2) is 5.69. The van der Waals surface area contributed by atoms with Crippen LogP contribution in [-0.4, -0.2) is 25.5 Å². The molecule has 0 radical (unpaired) electrons. The molecule has 0 heterocycles. The van der Waals surface area contributed by atoms with E-state index in [0.29, 0.717) is 13.0 Å². The summed E-state index contributed by atoms with van der Waals surface area (Å²) in [5.41, 5.74) is 0. The first kappa shape index (κ1) is 9.92. The second-order valence-electron chi connectivity index (χ2n) is 2.21. The minimum Gasteiger partial charge on any atom is -0.354 e. The molecule has 2 N–H and O–H groups in total. The van der Waals surface area contributed by atoms with E-state index in [4.69, 9.17) is 5.26 Å². The van der Waals surface area contributed by atoms with Crippen LogP contribution < -0.4 is 10.6 Å². The lowest BCUT2D eigenvalue weighted by atomic mass is 10.3. The van der Waals surface area contributed by atoms with Gasteiger partial charge in [-0.3, -0.25) is 4.79 Å². The molecule has 0 aliphatic heterocycles. The molecule has 0 saturated carbocycles. The molecule has 1 amide bonds. The summed E-state index contributed by atoms with van der Waals surface area (Å²) in [6, 6.07) is 1.76. The van der Waals surface area contributed by atoms with Crippen LogP contribution in [0.3, 0.4) is 0 Å². The molecule has 0 unspecified atom stereocenters. The predicted octanol–water partition coefficient (Wildman–Crippen LogP) is -0.376. The number of nitrogens with one attached hydrogen (secondary N) is 2. The van der Waals surface area contributed by atoms with Crippen LogP contribution in [-0.2, 0) is 4.79 Å². The molecule has 0 aromatic heterocycles. The van der Waals surface area contributed by atoms with Gasteiger partial charge in [0.25, 0.3) is 0 Å². The van der Waals surface area contributed by atoms with Crippen molar-refractivity contribution < 1.29 is 4.79 Å². The number of hydrogen-bond donors (Lipinski definition) is 2. The van der Waals surface area contributed by atoms with Gasteiger partial charge in [-0.25, -0.2) is 0 Å². The number of hydrogen-bond acceptors (Lipinski definition) is 3. The van der Waals surface area contributed by atoms with Crippen LogP contribution in [0.25, 0.3) is 0 Å². The van der Waals surface area contributed by atoms with Crippen LogP contribution in [0.1, 0.15) is 13.3 Å². The van der Waals surface area contributed by atoms with Gasteiger partial charge in [-0.1, -0.05) is 0 Å². The van der Waals surface area contributed by atoms with E-state index in [1.54, 1.807) is 14.0 Å². The standard InChI is InChI=1S/C7H13N3O/c1-6(9-2)7(11)10-5-3-4-8/h6,9H,3,5H2,1-2H3,(H,10,11)/t6-/m0/s1. The summed E-state index contributed by atoms with van der Waals surface area (Å²) >= 11 is 0. The zero-order chi connectivity index (χ0) is 8.69. The number of rotatable bonds is 4. The normalized spacial score (nSPS) is 11.7. The first-order chi connectivity index (χ1) is 5.22. The highest BCUT2D eigenvalue weighted by molar-refractivity contribution is 5.81. The third-order valence-corrected chi connectivity index (χ3v) is 1.36. The van der Waals surface area contributed by atoms with Crippen molar-refractivity contribution in [2.75, 3.05) is 13.6 Å². The van der Waals surface area contributed by atoms with E-state index in [2.05, 4.69) is 10.6 Å². The fraction of sp³-hybridized carbons (Fsp3) is 0.714. The van der Waals surface area contributed by atoms with Gasteiger partial charge >= 0.3 is 0 Å². The molecule has 11 heavy (non-hydrogen) atoms. The van der Waals surface area contributed by atoms with Crippen molar-refractivity contribution in [1.82, 2.24) is 10.6 Å². The molecule has 0 aliphatic rings. The number of carbonyl (C=O) groups is 1. The topological polar surface area (TPSA) is 64.9 Å². The maximum Gasteiger partial charge on any atom is 0.236 e. The monoisotopic (exact) mass is 155 g/mol. The molecular weight excluding hydrogens is 142 g/mol. The van der Waals surface area contributed by atoms with E-state index in [0.717, 1.165) is 0 Å². The van der Waals surface area contributed by atoms with Crippen molar-refractivity contribution >= 4 is 5.91 Å². The minimum atomic E-state index is -0.186. The molecule has 0 saturated heterocycles. The van der Waals surface area contributed by atoms with Gasteiger partial charge in [-0.15, -0.1) is 0 Å². The zero-order valence-corrected chi connectivity index (χ0v) is 6.85. The number of nitrogens with zero attached hydrogens (tertiary/aromatic N) is 1. The Balaban J connectivity index is 3.46. The van der Waals surface area contributed by atoms with Gasteiger partial charge in [0, 0.05) is 6.54 Å². The van der Waals surface area contributed by atoms with Crippen LogP contribution in [0, 0.1) is 11.3 Å². The fourth-order valence-corrected chi connectivity index (χ4v) is 0.526. The molecule has 0 aliphatic carbocycles. The van der Waals surface area contributed by atoms with Crippen molar-refractivity contribution in [1.29, 1.82) is 5.26 Å². The highest BCUT2D eigenvalue weighted by Crippen LogP contribution is 1.79. The van der Waals surface area contributed by atoms with E-state index >= 15 is 0 Å². The molecule has 62 valence electrons. The Labute approximate surface area is 66.6 Å². The highest BCUT2D eigenvalue weighted by Gasteiger charge is 2.07. The maximum absolute atomic E-state index is 11.0. The summed E-state index contributed by atoms with van der Waals surface area (Å²) in [6.07, 6.45) is 0.363. The SMILES string of the molecule is CN[C@@H](C)C(=O)NCCC#N. The molecule has 4 nitrogen and oxygen atoms in total. The summed E-state index contributed by atoms with van der Waals surface area (Å²) in [7, 11) is 1.72. The molecule has 0 aromatic carbocycles. The Morgan fingerprint density at radius 1 is 1.73 bits per heavy atom. The van der Waals surface area contributed by atoms with Crippen LogP contribution in [0.2, 0.25) is 0 Å². The summed E-state index contributed by atoms with van der Waals surface area (Å²) in [5.74, 6) is -0.0669. The molecular formula is C7H13N3O. The number of nitriles is 1. The van der Waals surface area contributed by atoms with Gasteiger partial charge in [0.15, 0.2) is 0 Å². The molecule has 0 rings (SSSR count). The molecule has 0 aromatic rings. The Bertz CT molecular complexity index is 162. The van der Waals surface area contributed by atoms with Crippen molar-refractivity contribution in [2.45, 2.75) is 19.4 Å². The lowest BCUT2D eigenvalue weighted by molar-refractivity contribution is -0.122. The van der Waals surface area contributed by atoms with Gasteiger partial charge in [0.2, 0.25) is 5.91 Å². The molecule has 0 fully saturated rings. The van der Waals surface area contributed by atoms with E-state index in [1.807, 2.05) is 6.07 Å². The molecule has 1 atom stereocenters. The Morgan fingerprint density at radius 2 is 2.36 bits per heavy atom. The van der Waals surface area contributed by atoms with Crippen LogP contribution in [0.15, 0.2) is 0 Å². The van der Waals surface area contributed by atoms with Gasteiger partial charge in [-0.2, -0.15) is 5.26 Å². The van der Waals surface area contributed by atoms with Gasteiger partial charge < -0.3 is 10.6 Å². The third kappa shape index (κ3) is 4.34. The van der Waals surface area contributed by atoms with Crippen LogP contribution in [0.4, 0.5) is 0 Å². The fourth-order valence-electron chi connectivity index (χ4n) is 0.526. The average Bonchev–Trinajstić information content (AvgIpc) is 2.03. The van der Waals surface area contributed by atoms with E-state index in [9.17, 15) is 4.79 Å². The summed E-state index contributed by atoms with van der Waals surface area (Å²) in [4.78, 5) is 11.0. The third-order valence-electron chi connectivity index (χ3n) is 1.36. The van der Waals surface area contributed by atoms with Gasteiger partial charge in [0.05, 0.1) is 18.5 Å². The van der Waals surface area contributed by atoms with Gasteiger partial charge in [-0.05, 0) is 14.0 Å². The summed E-state index contributed by atoms with van der Waals surface area (Å²) < 4.78 is 0. The van der Waals surface area contributed by atoms with E-state index in [1.165, 1.54) is 0 Å².